The molecule has 0 aliphatic carbocycles. The Labute approximate surface area is 115 Å². The molecule has 2 rings (SSSR count). The minimum Gasteiger partial charge on any atom is -0.337 e. The maximum absolute atomic E-state index is 4.07. The van der Waals surface area contributed by atoms with E-state index >= 15 is 0 Å². The van der Waals surface area contributed by atoms with E-state index in [-0.39, 0.29) is 0 Å². The highest BCUT2D eigenvalue weighted by molar-refractivity contribution is 5.28. The highest BCUT2D eigenvalue weighted by atomic mass is 15.0. The molecule has 1 aromatic carbocycles. The number of aromatic nitrogens is 2. The third-order valence-electron chi connectivity index (χ3n) is 3.19. The predicted molar refractivity (Wildman–Crippen MR) is 79.0 cm³/mol. The zero-order chi connectivity index (χ0) is 13.7. The summed E-state index contributed by atoms with van der Waals surface area (Å²) in [7, 11) is 0. The second kappa shape index (κ2) is 6.53. The Kier molecular flexibility index (Phi) is 4.74. The summed E-state index contributed by atoms with van der Waals surface area (Å²) >= 11 is 0. The molecule has 1 N–H and O–H groups in total. The van der Waals surface area contributed by atoms with Gasteiger partial charge in [-0.05, 0) is 31.9 Å². The van der Waals surface area contributed by atoms with Crippen molar-refractivity contribution in [1.29, 1.82) is 0 Å². The lowest BCUT2D eigenvalue weighted by Gasteiger charge is -2.13. The van der Waals surface area contributed by atoms with Crippen LogP contribution >= 0.6 is 0 Å². The molecule has 0 radical (unpaired) electrons. The van der Waals surface area contributed by atoms with Crippen molar-refractivity contribution in [2.45, 2.75) is 33.9 Å². The monoisotopic (exact) mass is 257 g/mol. The van der Waals surface area contributed by atoms with Gasteiger partial charge in [0.2, 0.25) is 0 Å². The smallest absolute Gasteiger partial charge is 0.0946 e. The van der Waals surface area contributed by atoms with Gasteiger partial charge < -0.3 is 9.88 Å². The second-order valence-corrected chi connectivity index (χ2v) is 5.49. The van der Waals surface area contributed by atoms with Crippen LogP contribution in [-0.2, 0) is 13.1 Å². The fraction of sp³-hybridized carbons (Fsp3) is 0.438. The van der Waals surface area contributed by atoms with E-state index in [4.69, 9.17) is 0 Å². The maximum atomic E-state index is 4.07. The fourth-order valence-corrected chi connectivity index (χ4v) is 2.45. The first kappa shape index (κ1) is 13.8. The molecule has 0 spiro atoms. The van der Waals surface area contributed by atoms with Gasteiger partial charge in [0.1, 0.15) is 0 Å². The van der Waals surface area contributed by atoms with Crippen LogP contribution in [0.1, 0.15) is 23.6 Å². The molecule has 3 heteroatoms. The fourth-order valence-electron chi connectivity index (χ4n) is 2.45. The van der Waals surface area contributed by atoms with E-state index in [0.717, 1.165) is 19.6 Å². The molecule has 1 heterocycles. The van der Waals surface area contributed by atoms with Crippen molar-refractivity contribution < 1.29 is 0 Å². The molecule has 2 aromatic rings. The summed E-state index contributed by atoms with van der Waals surface area (Å²) in [5.74, 6) is 0.597. The van der Waals surface area contributed by atoms with Crippen LogP contribution in [0.15, 0.2) is 36.9 Å². The summed E-state index contributed by atoms with van der Waals surface area (Å²) in [6.45, 7) is 9.53. The molecule has 19 heavy (non-hydrogen) atoms. The Bertz CT molecular complexity index is 482. The summed E-state index contributed by atoms with van der Waals surface area (Å²) in [5.41, 5.74) is 4.04. The van der Waals surface area contributed by atoms with E-state index < -0.39 is 0 Å². The SMILES string of the molecule is Cc1cc(C)cc(CNCC(C)Cn2ccnc2)c1. The van der Waals surface area contributed by atoms with Crippen molar-refractivity contribution in [3.05, 3.63) is 53.6 Å². The summed E-state index contributed by atoms with van der Waals surface area (Å²) < 4.78 is 2.13. The number of nitrogens with zero attached hydrogens (tertiary/aromatic N) is 2. The van der Waals surface area contributed by atoms with Gasteiger partial charge in [0.25, 0.3) is 0 Å². The number of aryl methyl sites for hydroxylation is 2. The molecular formula is C16H23N3. The molecule has 102 valence electrons. The normalized spacial score (nSPS) is 12.6. The molecule has 1 unspecified atom stereocenters. The Morgan fingerprint density at radius 1 is 1.21 bits per heavy atom. The topological polar surface area (TPSA) is 29.9 Å². The molecule has 0 aliphatic heterocycles. The van der Waals surface area contributed by atoms with Gasteiger partial charge in [0.15, 0.2) is 0 Å². The average Bonchev–Trinajstić information content (AvgIpc) is 2.80. The highest BCUT2D eigenvalue weighted by Crippen LogP contribution is 2.08. The van der Waals surface area contributed by atoms with Gasteiger partial charge in [-0.3, -0.25) is 0 Å². The zero-order valence-corrected chi connectivity index (χ0v) is 12.1. The molecule has 0 saturated heterocycles. The Balaban J connectivity index is 1.76. The Morgan fingerprint density at radius 2 is 1.95 bits per heavy atom. The number of rotatable bonds is 6. The third-order valence-corrected chi connectivity index (χ3v) is 3.19. The average molecular weight is 257 g/mol. The molecule has 0 fully saturated rings. The van der Waals surface area contributed by atoms with Crippen LogP contribution in [0.3, 0.4) is 0 Å². The summed E-state index contributed by atoms with van der Waals surface area (Å²) in [6.07, 6.45) is 5.72. The van der Waals surface area contributed by atoms with Crippen LogP contribution in [0.25, 0.3) is 0 Å². The third kappa shape index (κ3) is 4.52. The van der Waals surface area contributed by atoms with Crippen LogP contribution in [-0.4, -0.2) is 16.1 Å². The molecule has 0 aliphatic rings. The number of hydrogen-bond donors (Lipinski definition) is 1. The van der Waals surface area contributed by atoms with Crippen molar-refractivity contribution >= 4 is 0 Å². The molecule has 0 amide bonds. The van der Waals surface area contributed by atoms with Gasteiger partial charge in [-0.15, -0.1) is 0 Å². The second-order valence-electron chi connectivity index (χ2n) is 5.49. The van der Waals surface area contributed by atoms with E-state index in [1.165, 1.54) is 16.7 Å². The van der Waals surface area contributed by atoms with Crippen LogP contribution in [0.2, 0.25) is 0 Å². The van der Waals surface area contributed by atoms with E-state index in [1.54, 1.807) is 0 Å². The predicted octanol–water partition coefficient (Wildman–Crippen LogP) is 2.93. The van der Waals surface area contributed by atoms with Crippen LogP contribution < -0.4 is 5.32 Å². The van der Waals surface area contributed by atoms with E-state index in [9.17, 15) is 0 Å². The highest BCUT2D eigenvalue weighted by Gasteiger charge is 2.03. The lowest BCUT2D eigenvalue weighted by molar-refractivity contribution is 0.445. The minimum atomic E-state index is 0.597. The molecule has 1 atom stereocenters. The Morgan fingerprint density at radius 3 is 2.58 bits per heavy atom. The molecule has 0 bridgehead atoms. The molecule has 3 nitrogen and oxygen atoms in total. The van der Waals surface area contributed by atoms with Crippen molar-refractivity contribution in [2.75, 3.05) is 6.54 Å². The van der Waals surface area contributed by atoms with Gasteiger partial charge in [-0.25, -0.2) is 4.98 Å². The minimum absolute atomic E-state index is 0.597. The van der Waals surface area contributed by atoms with Crippen molar-refractivity contribution in [1.82, 2.24) is 14.9 Å². The van der Waals surface area contributed by atoms with E-state index in [2.05, 4.69) is 53.8 Å². The van der Waals surface area contributed by atoms with Crippen molar-refractivity contribution in [3.63, 3.8) is 0 Å². The maximum Gasteiger partial charge on any atom is 0.0946 e. The van der Waals surface area contributed by atoms with E-state index in [0.29, 0.717) is 5.92 Å². The largest absolute Gasteiger partial charge is 0.337 e. The van der Waals surface area contributed by atoms with Gasteiger partial charge in [0.05, 0.1) is 6.33 Å². The summed E-state index contributed by atoms with van der Waals surface area (Å²) in [5, 5.41) is 3.53. The summed E-state index contributed by atoms with van der Waals surface area (Å²) in [4.78, 5) is 4.07. The number of hydrogen-bond acceptors (Lipinski definition) is 2. The van der Waals surface area contributed by atoms with Gasteiger partial charge >= 0.3 is 0 Å². The van der Waals surface area contributed by atoms with Crippen molar-refractivity contribution in [3.8, 4) is 0 Å². The molecule has 1 aromatic heterocycles. The number of imidazole rings is 1. The molecular weight excluding hydrogens is 234 g/mol. The van der Waals surface area contributed by atoms with Gasteiger partial charge in [0, 0.05) is 25.5 Å². The zero-order valence-electron chi connectivity index (χ0n) is 12.1. The molecule has 0 saturated carbocycles. The van der Waals surface area contributed by atoms with Crippen molar-refractivity contribution in [2.24, 2.45) is 5.92 Å². The first-order valence-electron chi connectivity index (χ1n) is 6.87. The van der Waals surface area contributed by atoms with Gasteiger partial charge in [-0.2, -0.15) is 0 Å². The summed E-state index contributed by atoms with van der Waals surface area (Å²) in [6, 6.07) is 6.71. The quantitative estimate of drug-likeness (QED) is 0.862. The van der Waals surface area contributed by atoms with E-state index in [1.807, 2.05) is 18.7 Å². The van der Waals surface area contributed by atoms with Gasteiger partial charge in [-0.1, -0.05) is 36.2 Å². The van der Waals surface area contributed by atoms with Crippen LogP contribution in [0, 0.1) is 19.8 Å². The number of benzene rings is 1. The van der Waals surface area contributed by atoms with Crippen LogP contribution in [0.5, 0.6) is 0 Å². The first-order valence-corrected chi connectivity index (χ1v) is 6.87. The first-order chi connectivity index (χ1) is 9.13. The lowest BCUT2D eigenvalue weighted by Crippen LogP contribution is -2.23. The van der Waals surface area contributed by atoms with Crippen LogP contribution in [0.4, 0.5) is 0 Å². The lowest BCUT2D eigenvalue weighted by atomic mass is 10.1. The number of nitrogens with one attached hydrogen (secondary N) is 1. The Hall–Kier alpha value is -1.61. The standard InChI is InChI=1S/C16H23N3/c1-13-6-14(2)8-16(7-13)10-18-9-15(3)11-19-5-4-17-12-19/h4-8,12,15,18H,9-11H2,1-3H3.